The van der Waals surface area contributed by atoms with Crippen LogP contribution in [-0.4, -0.2) is 12.6 Å². The second-order valence-corrected chi connectivity index (χ2v) is 6.88. The van der Waals surface area contributed by atoms with Crippen molar-refractivity contribution in [2.45, 2.75) is 51.8 Å². The summed E-state index contributed by atoms with van der Waals surface area (Å²) < 4.78 is 11.7. The van der Waals surface area contributed by atoms with Gasteiger partial charge in [-0.25, -0.2) is 0 Å². The van der Waals surface area contributed by atoms with E-state index in [1.54, 1.807) is 0 Å². The minimum atomic E-state index is 0. The Morgan fingerprint density at radius 1 is 1.08 bits per heavy atom. The molecule has 0 saturated heterocycles. The summed E-state index contributed by atoms with van der Waals surface area (Å²) in [6.07, 6.45) is 5.19. The van der Waals surface area contributed by atoms with Crippen molar-refractivity contribution in [3.05, 3.63) is 58.6 Å². The average molecular weight is 396 g/mol. The van der Waals surface area contributed by atoms with Gasteiger partial charge in [-0.1, -0.05) is 54.8 Å². The molecule has 1 aliphatic rings. The molecule has 2 aromatic carbocycles. The van der Waals surface area contributed by atoms with Gasteiger partial charge in [0.15, 0.2) is 11.5 Å². The van der Waals surface area contributed by atoms with Crippen molar-refractivity contribution >= 4 is 11.6 Å². The van der Waals surface area contributed by atoms with Gasteiger partial charge in [-0.2, -0.15) is 0 Å². The van der Waals surface area contributed by atoms with Gasteiger partial charge >= 0.3 is 1.43 Å². The fourth-order valence-corrected chi connectivity index (χ4v) is 3.54. The minimum absolute atomic E-state index is 0. The van der Waals surface area contributed by atoms with Crippen molar-refractivity contribution in [2.75, 3.05) is 6.61 Å². The van der Waals surface area contributed by atoms with Crippen LogP contribution in [0.5, 0.6) is 11.5 Å². The van der Waals surface area contributed by atoms with Crippen LogP contribution in [0.1, 0.15) is 45.2 Å². The van der Waals surface area contributed by atoms with Gasteiger partial charge in [-0.05, 0) is 43.0 Å². The molecular weight excluding hydrogens is 369 g/mol. The standard InChI is InChI=1S/C21H26ClNO2.ClH/c1-2-24-20-13-17(14-23-18-10-6-7-11-18)12-19(22)21(20)25-15-16-8-4-3-5-9-16;/h3-5,8-9,12-13,18,23H,2,6-7,10-11,14-15H2,1H3;1H. The maximum absolute atomic E-state index is 6.50. The topological polar surface area (TPSA) is 30.5 Å². The predicted molar refractivity (Wildman–Crippen MR) is 104 cm³/mol. The molecule has 0 radical (unpaired) electrons. The molecule has 1 fully saturated rings. The van der Waals surface area contributed by atoms with Gasteiger partial charge in [0.1, 0.15) is 6.61 Å². The Balaban J connectivity index is 0.00000182. The minimum Gasteiger partial charge on any atom is -1.00 e. The van der Waals surface area contributed by atoms with Crippen molar-refractivity contribution in [3.63, 3.8) is 0 Å². The Kier molecular flexibility index (Phi) is 8.56. The normalized spacial score (nSPS) is 14.1. The van der Waals surface area contributed by atoms with Crippen LogP contribution in [0.2, 0.25) is 5.02 Å². The highest BCUT2D eigenvalue weighted by molar-refractivity contribution is 6.32. The van der Waals surface area contributed by atoms with Crippen LogP contribution in [0.25, 0.3) is 0 Å². The predicted octanol–water partition coefficient (Wildman–Crippen LogP) is 2.47. The third-order valence-electron chi connectivity index (χ3n) is 4.55. The number of hydrogen-bond donors (Lipinski definition) is 1. The summed E-state index contributed by atoms with van der Waals surface area (Å²) in [6, 6.07) is 14.7. The summed E-state index contributed by atoms with van der Waals surface area (Å²) in [5.41, 5.74) is 2.24. The van der Waals surface area contributed by atoms with E-state index in [1.165, 1.54) is 25.7 Å². The molecule has 0 aromatic heterocycles. The van der Waals surface area contributed by atoms with Gasteiger partial charge in [0, 0.05) is 12.6 Å². The van der Waals surface area contributed by atoms with E-state index in [0.717, 1.165) is 17.7 Å². The molecule has 0 amide bonds. The largest absolute Gasteiger partial charge is 1.00 e. The van der Waals surface area contributed by atoms with Crippen LogP contribution < -0.4 is 27.2 Å². The first-order chi connectivity index (χ1) is 12.3. The number of benzene rings is 2. The van der Waals surface area contributed by atoms with E-state index < -0.39 is 0 Å². The van der Waals surface area contributed by atoms with Gasteiger partial charge in [0.25, 0.3) is 0 Å². The summed E-state index contributed by atoms with van der Waals surface area (Å²) >= 11 is 6.50. The van der Waals surface area contributed by atoms with Crippen molar-refractivity contribution < 1.29 is 23.3 Å². The van der Waals surface area contributed by atoms with E-state index in [9.17, 15) is 0 Å². The molecule has 0 bridgehead atoms. The number of halogens is 2. The maximum Gasteiger partial charge on any atom is 1.00 e. The van der Waals surface area contributed by atoms with Crippen LogP contribution in [0, 0.1) is 0 Å². The third-order valence-corrected chi connectivity index (χ3v) is 4.83. The Labute approximate surface area is 168 Å². The van der Waals surface area contributed by atoms with Gasteiger partial charge in [-0.3, -0.25) is 0 Å². The Morgan fingerprint density at radius 3 is 2.50 bits per heavy atom. The zero-order valence-corrected chi connectivity index (χ0v) is 16.7. The highest BCUT2D eigenvalue weighted by Gasteiger charge is 2.16. The molecule has 26 heavy (non-hydrogen) atoms. The second kappa shape index (κ2) is 10.7. The van der Waals surface area contributed by atoms with Crippen LogP contribution in [0.3, 0.4) is 0 Å². The zero-order valence-electron chi connectivity index (χ0n) is 16.1. The Hall–Kier alpha value is -1.42. The Morgan fingerprint density at radius 2 is 1.81 bits per heavy atom. The SMILES string of the molecule is CCOc1cc(CNC2CCCC2)cc(Cl)c1OCc1ccccc1.[Cl-].[H+]. The number of nitrogens with one attached hydrogen (secondary N) is 1. The van der Waals surface area contributed by atoms with Crippen LogP contribution in [0.4, 0.5) is 0 Å². The number of ether oxygens (including phenoxy) is 2. The van der Waals surface area contributed by atoms with E-state index >= 15 is 0 Å². The smallest absolute Gasteiger partial charge is 1.00 e. The van der Waals surface area contributed by atoms with E-state index in [-0.39, 0.29) is 13.8 Å². The summed E-state index contributed by atoms with van der Waals surface area (Å²) in [5.74, 6) is 1.34. The first-order valence-electron chi connectivity index (χ1n) is 9.11. The third kappa shape index (κ3) is 5.80. The second-order valence-electron chi connectivity index (χ2n) is 6.47. The molecule has 0 atom stereocenters. The summed E-state index contributed by atoms with van der Waals surface area (Å²) in [5, 5.41) is 4.22. The van der Waals surface area contributed by atoms with Crippen molar-refractivity contribution in [1.29, 1.82) is 0 Å². The van der Waals surface area contributed by atoms with Crippen molar-refractivity contribution in [2.24, 2.45) is 0 Å². The van der Waals surface area contributed by atoms with Crippen LogP contribution in [-0.2, 0) is 13.2 Å². The van der Waals surface area contributed by atoms with Crippen LogP contribution in [0.15, 0.2) is 42.5 Å². The molecule has 3 rings (SSSR count). The molecular formula is C21H27Cl2NO2. The average Bonchev–Trinajstić information content (AvgIpc) is 3.14. The number of rotatable bonds is 8. The fourth-order valence-electron chi connectivity index (χ4n) is 3.25. The van der Waals surface area contributed by atoms with E-state index in [1.807, 2.05) is 49.4 Å². The van der Waals surface area contributed by atoms with Crippen molar-refractivity contribution in [3.8, 4) is 11.5 Å². The Bertz CT molecular complexity index is 679. The molecule has 5 heteroatoms. The number of hydrogen-bond acceptors (Lipinski definition) is 3. The van der Waals surface area contributed by atoms with Gasteiger partial charge in [0.05, 0.1) is 11.6 Å². The molecule has 142 valence electrons. The molecule has 2 aromatic rings. The first-order valence-corrected chi connectivity index (χ1v) is 9.49. The maximum atomic E-state index is 6.50. The van der Waals surface area contributed by atoms with Gasteiger partial charge < -0.3 is 27.2 Å². The van der Waals surface area contributed by atoms with E-state index in [0.29, 0.717) is 35.8 Å². The molecule has 1 aliphatic carbocycles. The zero-order chi connectivity index (χ0) is 17.5. The molecule has 0 unspecified atom stereocenters. The molecule has 1 N–H and O–H groups in total. The monoisotopic (exact) mass is 395 g/mol. The molecule has 0 heterocycles. The van der Waals surface area contributed by atoms with Crippen LogP contribution >= 0.6 is 11.6 Å². The highest BCUT2D eigenvalue weighted by atomic mass is 35.5. The quantitative estimate of drug-likeness (QED) is 0.744. The molecule has 1 saturated carbocycles. The van der Waals surface area contributed by atoms with Crippen molar-refractivity contribution in [1.82, 2.24) is 5.32 Å². The first kappa shape index (κ1) is 20.9. The lowest BCUT2D eigenvalue weighted by Gasteiger charge is -2.17. The highest BCUT2D eigenvalue weighted by Crippen LogP contribution is 2.37. The van der Waals surface area contributed by atoms with Gasteiger partial charge in [-0.15, -0.1) is 0 Å². The van der Waals surface area contributed by atoms with E-state index in [4.69, 9.17) is 21.1 Å². The summed E-state index contributed by atoms with van der Waals surface area (Å²) in [4.78, 5) is 0. The lowest BCUT2D eigenvalue weighted by Crippen LogP contribution is -3.00. The molecule has 0 spiro atoms. The summed E-state index contributed by atoms with van der Waals surface area (Å²) in [6.45, 7) is 3.83. The van der Waals surface area contributed by atoms with E-state index in [2.05, 4.69) is 5.32 Å². The fraction of sp³-hybridized carbons (Fsp3) is 0.429. The lowest BCUT2D eigenvalue weighted by molar-refractivity contribution is -0.00000586. The lowest BCUT2D eigenvalue weighted by atomic mass is 10.1. The van der Waals surface area contributed by atoms with Gasteiger partial charge in [0.2, 0.25) is 0 Å². The molecule has 0 aliphatic heterocycles. The molecule has 3 nitrogen and oxygen atoms in total. The summed E-state index contributed by atoms with van der Waals surface area (Å²) in [7, 11) is 0.